The van der Waals surface area contributed by atoms with Crippen molar-refractivity contribution in [2.75, 3.05) is 6.54 Å². The van der Waals surface area contributed by atoms with Gasteiger partial charge in [-0.25, -0.2) is 0 Å². The Labute approximate surface area is 100.0 Å². The van der Waals surface area contributed by atoms with Crippen LogP contribution in [0.15, 0.2) is 29.4 Å². The van der Waals surface area contributed by atoms with Crippen molar-refractivity contribution in [2.45, 2.75) is 31.2 Å². The first-order valence-corrected chi connectivity index (χ1v) is 6.55. The fourth-order valence-corrected chi connectivity index (χ4v) is 3.49. The lowest BCUT2D eigenvalue weighted by molar-refractivity contribution is 0.336. The highest BCUT2D eigenvalue weighted by Crippen LogP contribution is 2.39. The first-order chi connectivity index (χ1) is 7.75. The Morgan fingerprint density at radius 1 is 1.38 bits per heavy atom. The maximum atomic E-state index is 4.79. The van der Waals surface area contributed by atoms with E-state index < -0.39 is 0 Å². The van der Waals surface area contributed by atoms with E-state index in [9.17, 15) is 0 Å². The molecule has 3 rings (SSSR count). The Balaban J connectivity index is 1.90. The molecule has 3 atom stereocenters. The van der Waals surface area contributed by atoms with Crippen molar-refractivity contribution < 1.29 is 0 Å². The summed E-state index contributed by atoms with van der Waals surface area (Å²) in [5.74, 6) is 0. The number of hydrogen-bond donors (Lipinski definition) is 0. The second-order valence-corrected chi connectivity index (χ2v) is 5.84. The van der Waals surface area contributed by atoms with Gasteiger partial charge < -0.3 is 4.90 Å². The number of rotatable bonds is 1. The van der Waals surface area contributed by atoms with Gasteiger partial charge in [-0.15, -0.1) is 0 Å². The van der Waals surface area contributed by atoms with Crippen LogP contribution in [-0.4, -0.2) is 32.9 Å². The van der Waals surface area contributed by atoms with E-state index in [-0.39, 0.29) is 6.04 Å². The van der Waals surface area contributed by atoms with E-state index in [4.69, 9.17) is 4.99 Å². The SMILES string of the molecule is CC1CN2C(=NC(c3ccccn3)C2C)S1. The van der Waals surface area contributed by atoms with E-state index in [1.54, 1.807) is 0 Å². The van der Waals surface area contributed by atoms with Gasteiger partial charge in [0, 0.05) is 18.0 Å². The number of nitrogens with zero attached hydrogens (tertiary/aromatic N) is 3. The minimum absolute atomic E-state index is 0.219. The number of thioether (sulfide) groups is 1. The molecular formula is C12H15N3S. The third-order valence-corrected chi connectivity index (χ3v) is 4.30. The molecule has 1 aromatic heterocycles. The van der Waals surface area contributed by atoms with Crippen molar-refractivity contribution in [3.8, 4) is 0 Å². The molecular weight excluding hydrogens is 218 g/mol. The zero-order valence-corrected chi connectivity index (χ0v) is 10.3. The molecule has 3 nitrogen and oxygen atoms in total. The molecule has 0 bridgehead atoms. The standard InChI is InChI=1S/C12H15N3S/c1-8-7-15-9(2)11(14-12(15)16-8)10-5-3-4-6-13-10/h3-6,8-9,11H,7H2,1-2H3. The first-order valence-electron chi connectivity index (χ1n) is 5.68. The van der Waals surface area contributed by atoms with E-state index in [1.807, 2.05) is 30.1 Å². The molecule has 1 saturated heterocycles. The number of aliphatic imine (C=N–C) groups is 1. The van der Waals surface area contributed by atoms with Crippen LogP contribution in [0.2, 0.25) is 0 Å². The van der Waals surface area contributed by atoms with Gasteiger partial charge >= 0.3 is 0 Å². The topological polar surface area (TPSA) is 28.5 Å². The van der Waals surface area contributed by atoms with Crippen LogP contribution in [0.3, 0.4) is 0 Å². The quantitative estimate of drug-likeness (QED) is 0.745. The van der Waals surface area contributed by atoms with Gasteiger partial charge in [0.1, 0.15) is 6.04 Å². The van der Waals surface area contributed by atoms with Gasteiger partial charge in [0.25, 0.3) is 0 Å². The van der Waals surface area contributed by atoms with E-state index in [0.717, 1.165) is 12.2 Å². The zero-order chi connectivity index (χ0) is 11.1. The maximum absolute atomic E-state index is 4.79. The third kappa shape index (κ3) is 1.52. The molecule has 84 valence electrons. The molecule has 0 N–H and O–H groups in total. The highest BCUT2D eigenvalue weighted by molar-refractivity contribution is 8.14. The highest BCUT2D eigenvalue weighted by Gasteiger charge is 2.39. The van der Waals surface area contributed by atoms with Crippen LogP contribution in [-0.2, 0) is 0 Å². The molecule has 1 aromatic rings. The predicted octanol–water partition coefficient (Wildman–Crippen LogP) is 2.32. The van der Waals surface area contributed by atoms with Crippen LogP contribution in [0.5, 0.6) is 0 Å². The lowest BCUT2D eigenvalue weighted by atomic mass is 10.1. The smallest absolute Gasteiger partial charge is 0.160 e. The second-order valence-electron chi connectivity index (χ2n) is 4.43. The lowest BCUT2D eigenvalue weighted by Gasteiger charge is -2.22. The summed E-state index contributed by atoms with van der Waals surface area (Å²) in [5.41, 5.74) is 1.09. The summed E-state index contributed by atoms with van der Waals surface area (Å²) in [5, 5.41) is 1.88. The van der Waals surface area contributed by atoms with Crippen LogP contribution < -0.4 is 0 Å². The van der Waals surface area contributed by atoms with Gasteiger partial charge in [0.2, 0.25) is 0 Å². The molecule has 1 fully saturated rings. The molecule has 16 heavy (non-hydrogen) atoms. The number of aromatic nitrogens is 1. The summed E-state index contributed by atoms with van der Waals surface area (Å²) in [6.07, 6.45) is 1.85. The van der Waals surface area contributed by atoms with E-state index in [1.165, 1.54) is 5.17 Å². The number of pyridine rings is 1. The predicted molar refractivity (Wildman–Crippen MR) is 67.6 cm³/mol. The fraction of sp³-hybridized carbons (Fsp3) is 0.500. The third-order valence-electron chi connectivity index (χ3n) is 3.19. The summed E-state index contributed by atoms with van der Waals surface area (Å²) in [6.45, 7) is 5.62. The van der Waals surface area contributed by atoms with Crippen molar-refractivity contribution in [1.82, 2.24) is 9.88 Å². The van der Waals surface area contributed by atoms with E-state index >= 15 is 0 Å². The van der Waals surface area contributed by atoms with Gasteiger partial charge in [0.15, 0.2) is 5.17 Å². The molecule has 0 saturated carbocycles. The van der Waals surface area contributed by atoms with Crippen LogP contribution >= 0.6 is 11.8 Å². The lowest BCUT2D eigenvalue weighted by Crippen LogP contribution is -2.32. The molecule has 0 aromatic carbocycles. The molecule has 3 unspecified atom stereocenters. The van der Waals surface area contributed by atoms with Crippen LogP contribution in [0.4, 0.5) is 0 Å². The van der Waals surface area contributed by atoms with Gasteiger partial charge in [-0.05, 0) is 19.1 Å². The van der Waals surface area contributed by atoms with Crippen molar-refractivity contribution in [3.63, 3.8) is 0 Å². The monoisotopic (exact) mass is 233 g/mol. The Morgan fingerprint density at radius 3 is 2.94 bits per heavy atom. The first kappa shape index (κ1) is 10.1. The molecule has 0 amide bonds. The van der Waals surface area contributed by atoms with Gasteiger partial charge in [-0.2, -0.15) is 0 Å². The Morgan fingerprint density at radius 2 is 2.25 bits per heavy atom. The van der Waals surface area contributed by atoms with E-state index in [0.29, 0.717) is 11.3 Å². The summed E-state index contributed by atoms with van der Waals surface area (Å²) < 4.78 is 0. The minimum Gasteiger partial charge on any atom is -0.345 e. The minimum atomic E-state index is 0.219. The van der Waals surface area contributed by atoms with Gasteiger partial charge in [-0.1, -0.05) is 24.8 Å². The van der Waals surface area contributed by atoms with Crippen molar-refractivity contribution in [1.29, 1.82) is 0 Å². The second kappa shape index (κ2) is 3.77. The number of fused-ring (bicyclic) bond motifs is 1. The summed E-state index contributed by atoms with van der Waals surface area (Å²) in [6, 6.07) is 6.72. The van der Waals surface area contributed by atoms with Crippen LogP contribution in [0, 0.1) is 0 Å². The molecule has 0 aliphatic carbocycles. The molecule has 4 heteroatoms. The Bertz CT molecular complexity index is 418. The molecule has 2 aliphatic heterocycles. The summed E-state index contributed by atoms with van der Waals surface area (Å²) >= 11 is 1.89. The number of hydrogen-bond acceptors (Lipinski definition) is 4. The van der Waals surface area contributed by atoms with Gasteiger partial charge in [0.05, 0.1) is 11.7 Å². The van der Waals surface area contributed by atoms with Gasteiger partial charge in [-0.3, -0.25) is 9.98 Å². The Kier molecular flexibility index (Phi) is 2.39. The summed E-state index contributed by atoms with van der Waals surface area (Å²) in [7, 11) is 0. The maximum Gasteiger partial charge on any atom is 0.160 e. The van der Waals surface area contributed by atoms with E-state index in [2.05, 4.69) is 29.8 Å². The van der Waals surface area contributed by atoms with Crippen molar-refractivity contribution >= 4 is 16.9 Å². The normalized spacial score (nSPS) is 32.8. The van der Waals surface area contributed by atoms with Crippen LogP contribution in [0.25, 0.3) is 0 Å². The van der Waals surface area contributed by atoms with Crippen molar-refractivity contribution in [2.24, 2.45) is 4.99 Å². The summed E-state index contributed by atoms with van der Waals surface area (Å²) in [4.78, 5) is 11.6. The average Bonchev–Trinajstić information content (AvgIpc) is 2.79. The Hall–Kier alpha value is -1.03. The van der Waals surface area contributed by atoms with Crippen LogP contribution in [0.1, 0.15) is 25.6 Å². The zero-order valence-electron chi connectivity index (χ0n) is 9.50. The molecule has 0 spiro atoms. The molecule has 0 radical (unpaired) electrons. The van der Waals surface area contributed by atoms with Crippen molar-refractivity contribution in [3.05, 3.63) is 30.1 Å². The largest absolute Gasteiger partial charge is 0.345 e. The molecule has 3 heterocycles. The fourth-order valence-electron chi connectivity index (χ4n) is 2.35. The average molecular weight is 233 g/mol. The highest BCUT2D eigenvalue weighted by atomic mass is 32.2. The molecule has 2 aliphatic rings. The number of amidine groups is 1.